The summed E-state index contributed by atoms with van der Waals surface area (Å²) in [5.41, 5.74) is 1.82. The number of hydrogen-bond donors (Lipinski definition) is 1. The maximum Gasteiger partial charge on any atom is 0.320 e. The molecule has 2 aromatic rings. The van der Waals surface area contributed by atoms with Crippen LogP contribution in [0, 0.1) is 0 Å². The Morgan fingerprint density at radius 3 is 2.31 bits per heavy atom. The number of likely N-dealkylation sites (tertiary alicyclic amines) is 1. The monoisotopic (exact) mass is 463 g/mol. The molecular formula is C22H26BrNO5. The molecule has 7 heteroatoms. The van der Waals surface area contributed by atoms with E-state index in [4.69, 9.17) is 14.2 Å². The summed E-state index contributed by atoms with van der Waals surface area (Å²) in [5.74, 6) is 0.955. The zero-order chi connectivity index (χ0) is 21.0. The zero-order valence-electron chi connectivity index (χ0n) is 16.9. The van der Waals surface area contributed by atoms with Gasteiger partial charge in [-0.05, 0) is 37.1 Å². The van der Waals surface area contributed by atoms with E-state index in [2.05, 4.69) is 20.8 Å². The molecule has 2 unspecified atom stereocenters. The molecule has 0 radical (unpaired) electrons. The number of hydrogen-bond acceptors (Lipinski definition) is 5. The number of halogens is 1. The molecule has 1 saturated heterocycles. The van der Waals surface area contributed by atoms with Crippen LogP contribution in [-0.2, 0) is 4.79 Å². The quantitative estimate of drug-likeness (QED) is 0.651. The number of methoxy groups -OCH3 is 3. The average Bonchev–Trinajstić information content (AvgIpc) is 2.75. The lowest BCUT2D eigenvalue weighted by Crippen LogP contribution is -2.47. The summed E-state index contributed by atoms with van der Waals surface area (Å²) in [5, 5.41) is 9.90. The van der Waals surface area contributed by atoms with Crippen molar-refractivity contribution in [2.45, 2.75) is 31.3 Å². The van der Waals surface area contributed by atoms with Crippen LogP contribution in [0.4, 0.5) is 0 Å². The molecule has 2 atom stereocenters. The van der Waals surface area contributed by atoms with Gasteiger partial charge in [0.05, 0.1) is 27.4 Å². The van der Waals surface area contributed by atoms with E-state index in [1.165, 1.54) is 0 Å². The Balaban J connectivity index is 2.23. The van der Waals surface area contributed by atoms with Gasteiger partial charge in [0.1, 0.15) is 11.8 Å². The van der Waals surface area contributed by atoms with Crippen molar-refractivity contribution < 1.29 is 24.1 Å². The van der Waals surface area contributed by atoms with E-state index in [9.17, 15) is 9.90 Å². The second kappa shape index (κ2) is 9.50. The predicted octanol–water partition coefficient (Wildman–Crippen LogP) is 4.50. The predicted molar refractivity (Wildman–Crippen MR) is 114 cm³/mol. The highest BCUT2D eigenvalue weighted by Gasteiger charge is 2.37. The van der Waals surface area contributed by atoms with E-state index in [-0.39, 0.29) is 6.04 Å². The van der Waals surface area contributed by atoms with Crippen LogP contribution in [0.1, 0.15) is 36.4 Å². The molecule has 0 aliphatic carbocycles. The molecule has 1 N–H and O–H groups in total. The van der Waals surface area contributed by atoms with Crippen LogP contribution in [0.3, 0.4) is 0 Å². The number of rotatable bonds is 7. The van der Waals surface area contributed by atoms with Crippen molar-refractivity contribution in [3.8, 4) is 17.2 Å². The van der Waals surface area contributed by atoms with E-state index in [1.807, 2.05) is 30.3 Å². The Bertz CT molecular complexity index is 872. The van der Waals surface area contributed by atoms with Gasteiger partial charge in [0.15, 0.2) is 11.5 Å². The Labute approximate surface area is 179 Å². The van der Waals surface area contributed by atoms with Gasteiger partial charge < -0.3 is 19.3 Å². The van der Waals surface area contributed by atoms with E-state index in [1.54, 1.807) is 27.4 Å². The lowest BCUT2D eigenvalue weighted by Gasteiger charge is -2.40. The number of carboxylic acids is 1. The third kappa shape index (κ3) is 4.36. The second-order valence-corrected chi connectivity index (χ2v) is 7.82. The molecule has 156 valence electrons. The first kappa shape index (κ1) is 21.5. The minimum absolute atomic E-state index is 0.318. The molecule has 2 aromatic carbocycles. The molecule has 29 heavy (non-hydrogen) atoms. The average molecular weight is 464 g/mol. The lowest BCUT2D eigenvalue weighted by atomic mass is 9.91. The first-order valence-electron chi connectivity index (χ1n) is 9.54. The van der Waals surface area contributed by atoms with Crippen LogP contribution < -0.4 is 14.2 Å². The van der Waals surface area contributed by atoms with Gasteiger partial charge in [0.25, 0.3) is 0 Å². The molecule has 1 fully saturated rings. The van der Waals surface area contributed by atoms with Gasteiger partial charge in [0, 0.05) is 16.1 Å². The maximum atomic E-state index is 12.1. The number of piperidine rings is 1. The molecule has 3 rings (SSSR count). The van der Waals surface area contributed by atoms with Crippen LogP contribution in [-0.4, -0.2) is 49.9 Å². The highest BCUT2D eigenvalue weighted by Crippen LogP contribution is 2.44. The third-order valence-corrected chi connectivity index (χ3v) is 6.11. The molecular weight excluding hydrogens is 438 g/mol. The van der Waals surface area contributed by atoms with Gasteiger partial charge in [-0.1, -0.05) is 40.5 Å². The van der Waals surface area contributed by atoms with Crippen LogP contribution in [0.2, 0.25) is 0 Å². The first-order chi connectivity index (χ1) is 14.0. The number of benzene rings is 2. The summed E-state index contributed by atoms with van der Waals surface area (Å²) in [4.78, 5) is 14.1. The summed E-state index contributed by atoms with van der Waals surface area (Å²) in [6.07, 6.45) is 2.46. The van der Waals surface area contributed by atoms with Gasteiger partial charge >= 0.3 is 5.97 Å². The molecule has 1 aliphatic rings. The highest BCUT2D eigenvalue weighted by atomic mass is 79.9. The molecule has 0 amide bonds. The zero-order valence-corrected chi connectivity index (χ0v) is 18.4. The molecule has 6 nitrogen and oxygen atoms in total. The van der Waals surface area contributed by atoms with Crippen molar-refractivity contribution in [1.29, 1.82) is 0 Å². The first-order valence-corrected chi connectivity index (χ1v) is 10.3. The Morgan fingerprint density at radius 2 is 1.69 bits per heavy atom. The number of aliphatic carboxylic acids is 1. The summed E-state index contributed by atoms with van der Waals surface area (Å²) in [6.45, 7) is 0.681. The normalized spacial score (nSPS) is 18.1. The Hall–Kier alpha value is -2.25. The van der Waals surface area contributed by atoms with Gasteiger partial charge in [-0.3, -0.25) is 9.69 Å². The van der Waals surface area contributed by atoms with E-state index >= 15 is 0 Å². The van der Waals surface area contributed by atoms with Crippen molar-refractivity contribution in [3.63, 3.8) is 0 Å². The minimum atomic E-state index is -0.804. The molecule has 1 aliphatic heterocycles. The van der Waals surface area contributed by atoms with E-state index in [0.717, 1.165) is 28.4 Å². The highest BCUT2D eigenvalue weighted by molar-refractivity contribution is 9.10. The molecule has 1 heterocycles. The van der Waals surface area contributed by atoms with Gasteiger partial charge in [-0.2, -0.15) is 0 Å². The Morgan fingerprint density at radius 1 is 1.03 bits per heavy atom. The van der Waals surface area contributed by atoms with Crippen LogP contribution in [0.15, 0.2) is 40.9 Å². The smallest absolute Gasteiger partial charge is 0.320 e. The van der Waals surface area contributed by atoms with Crippen LogP contribution >= 0.6 is 15.9 Å². The van der Waals surface area contributed by atoms with E-state index < -0.39 is 12.0 Å². The number of carbonyl (C=O) groups is 1. The fourth-order valence-corrected chi connectivity index (χ4v) is 4.52. The van der Waals surface area contributed by atoms with Crippen LogP contribution in [0.5, 0.6) is 17.2 Å². The van der Waals surface area contributed by atoms with Crippen LogP contribution in [0.25, 0.3) is 0 Å². The van der Waals surface area contributed by atoms with E-state index in [0.29, 0.717) is 30.2 Å². The van der Waals surface area contributed by atoms with Gasteiger partial charge in [0.2, 0.25) is 0 Å². The standard InChI is InChI=1S/C22H26BrNO5/c1-27-18-13-20(29-3)19(28-2)12-15(18)21(14-8-4-5-9-16(14)23)24-11-7-6-10-17(24)22(25)26/h4-5,8-9,12-13,17,21H,6-7,10-11H2,1-3H3,(H,25,26). The van der Waals surface area contributed by atoms with Crippen molar-refractivity contribution in [1.82, 2.24) is 4.90 Å². The molecule has 0 aromatic heterocycles. The number of ether oxygens (including phenoxy) is 3. The number of nitrogens with zero attached hydrogens (tertiary/aromatic N) is 1. The summed E-state index contributed by atoms with van der Waals surface area (Å²) in [6, 6.07) is 10.7. The summed E-state index contributed by atoms with van der Waals surface area (Å²) >= 11 is 3.66. The summed E-state index contributed by atoms with van der Waals surface area (Å²) in [7, 11) is 4.77. The van der Waals surface area contributed by atoms with Crippen molar-refractivity contribution in [2.24, 2.45) is 0 Å². The molecule has 0 spiro atoms. The molecule has 0 bridgehead atoms. The third-order valence-electron chi connectivity index (χ3n) is 5.39. The fourth-order valence-electron chi connectivity index (χ4n) is 4.02. The van der Waals surface area contributed by atoms with Crippen molar-refractivity contribution in [3.05, 3.63) is 52.0 Å². The summed E-state index contributed by atoms with van der Waals surface area (Å²) < 4.78 is 17.6. The SMILES string of the molecule is COc1cc(OC)c(C(c2ccccc2Br)N2CCCCC2C(=O)O)cc1OC. The van der Waals surface area contributed by atoms with Crippen molar-refractivity contribution in [2.75, 3.05) is 27.9 Å². The van der Waals surface area contributed by atoms with Gasteiger partial charge in [-0.25, -0.2) is 0 Å². The topological polar surface area (TPSA) is 68.2 Å². The van der Waals surface area contributed by atoms with Gasteiger partial charge in [-0.15, -0.1) is 0 Å². The minimum Gasteiger partial charge on any atom is -0.496 e. The Kier molecular flexibility index (Phi) is 7.03. The second-order valence-electron chi connectivity index (χ2n) is 6.96. The largest absolute Gasteiger partial charge is 0.496 e. The lowest BCUT2D eigenvalue weighted by molar-refractivity contribution is -0.145. The maximum absolute atomic E-state index is 12.1. The fraction of sp³-hybridized carbons (Fsp3) is 0.409. The number of carboxylic acid groups (broad SMARTS) is 1. The van der Waals surface area contributed by atoms with Crippen molar-refractivity contribution >= 4 is 21.9 Å². The molecule has 0 saturated carbocycles.